The second-order valence-electron chi connectivity index (χ2n) is 4.60. The van der Waals surface area contributed by atoms with Crippen LogP contribution in [0.1, 0.15) is 25.3 Å². The predicted octanol–water partition coefficient (Wildman–Crippen LogP) is 2.68. The molecule has 0 unspecified atom stereocenters. The van der Waals surface area contributed by atoms with Gasteiger partial charge in [-0.3, -0.25) is 4.90 Å². The molecule has 1 aromatic rings. The number of anilines is 1. The molecule has 1 aliphatic rings. The van der Waals surface area contributed by atoms with Crippen molar-refractivity contribution in [3.8, 4) is 0 Å². The quantitative estimate of drug-likeness (QED) is 0.748. The second-order valence-corrected chi connectivity index (χ2v) is 4.60. The molecule has 16 heavy (non-hydrogen) atoms. The number of hydrogen-bond acceptors (Lipinski definition) is 1. The zero-order valence-corrected chi connectivity index (χ0v) is 10.1. The van der Waals surface area contributed by atoms with Crippen molar-refractivity contribution >= 4 is 11.7 Å². The van der Waals surface area contributed by atoms with Gasteiger partial charge in [0.1, 0.15) is 0 Å². The molecule has 0 bridgehead atoms. The Morgan fingerprint density at radius 3 is 2.19 bits per heavy atom. The molecule has 1 heterocycles. The van der Waals surface area contributed by atoms with Crippen molar-refractivity contribution in [2.24, 2.45) is 0 Å². The van der Waals surface area contributed by atoms with Gasteiger partial charge in [-0.1, -0.05) is 26.0 Å². The Hall–Kier alpha value is -1.51. The molecule has 2 amide bonds. The lowest BCUT2D eigenvalue weighted by molar-refractivity contribution is 0.229. The topological polar surface area (TPSA) is 23.6 Å². The highest BCUT2D eigenvalue weighted by Gasteiger charge is 2.26. The van der Waals surface area contributed by atoms with Crippen LogP contribution in [-0.4, -0.2) is 31.1 Å². The number of amides is 2. The summed E-state index contributed by atoms with van der Waals surface area (Å²) in [5.74, 6) is 0.533. The predicted molar refractivity (Wildman–Crippen MR) is 65.9 cm³/mol. The molecule has 1 aromatic carbocycles. The van der Waals surface area contributed by atoms with Crippen LogP contribution in [0.5, 0.6) is 0 Å². The normalized spacial score (nSPS) is 16.4. The lowest BCUT2D eigenvalue weighted by Gasteiger charge is -2.16. The number of carbonyl (C=O) groups is 1. The van der Waals surface area contributed by atoms with E-state index in [-0.39, 0.29) is 6.03 Å². The first-order valence-electron chi connectivity index (χ1n) is 5.72. The van der Waals surface area contributed by atoms with E-state index >= 15 is 0 Å². The number of hydrogen-bond donors (Lipinski definition) is 0. The average molecular weight is 218 g/mol. The Kier molecular flexibility index (Phi) is 2.86. The van der Waals surface area contributed by atoms with Gasteiger partial charge < -0.3 is 4.90 Å². The van der Waals surface area contributed by atoms with Crippen LogP contribution in [0.15, 0.2) is 24.3 Å². The van der Waals surface area contributed by atoms with Crippen molar-refractivity contribution in [2.75, 3.05) is 25.0 Å². The molecule has 3 heteroatoms. The minimum absolute atomic E-state index is 0.0947. The van der Waals surface area contributed by atoms with Gasteiger partial charge in [-0.2, -0.15) is 0 Å². The Labute approximate surface area is 96.7 Å². The van der Waals surface area contributed by atoms with Gasteiger partial charge in [0.25, 0.3) is 0 Å². The number of rotatable bonds is 2. The second kappa shape index (κ2) is 4.16. The van der Waals surface area contributed by atoms with E-state index in [0.717, 1.165) is 18.8 Å². The van der Waals surface area contributed by atoms with Crippen molar-refractivity contribution in [2.45, 2.75) is 19.8 Å². The molecule has 1 fully saturated rings. The van der Waals surface area contributed by atoms with Gasteiger partial charge >= 0.3 is 6.03 Å². The van der Waals surface area contributed by atoms with Crippen molar-refractivity contribution in [1.82, 2.24) is 4.90 Å². The fraction of sp³-hybridized carbons (Fsp3) is 0.462. The Balaban J connectivity index is 2.19. The molecule has 3 nitrogen and oxygen atoms in total. The van der Waals surface area contributed by atoms with Crippen LogP contribution >= 0.6 is 0 Å². The molecule has 0 spiro atoms. The summed E-state index contributed by atoms with van der Waals surface area (Å²) in [6.07, 6.45) is 0. The van der Waals surface area contributed by atoms with Crippen LogP contribution in [0.25, 0.3) is 0 Å². The van der Waals surface area contributed by atoms with Gasteiger partial charge in [-0.25, -0.2) is 4.79 Å². The van der Waals surface area contributed by atoms with Crippen LogP contribution in [0.2, 0.25) is 0 Å². The fourth-order valence-corrected chi connectivity index (χ4v) is 1.93. The number of likely N-dealkylation sites (N-methyl/N-ethyl adjacent to an activating group) is 1. The standard InChI is InChI=1S/C13H18N2O/c1-10(2)11-4-6-12(7-5-11)15-9-8-14(3)13(15)16/h4-7,10H,8-9H2,1-3H3. The van der Waals surface area contributed by atoms with E-state index in [1.165, 1.54) is 5.56 Å². The Morgan fingerprint density at radius 1 is 1.12 bits per heavy atom. The minimum atomic E-state index is 0.0947. The molecule has 0 N–H and O–H groups in total. The first-order chi connectivity index (χ1) is 7.59. The molecular weight excluding hydrogens is 200 g/mol. The first kappa shape index (κ1) is 11.0. The minimum Gasteiger partial charge on any atom is -0.326 e. The van der Waals surface area contributed by atoms with Crippen molar-refractivity contribution < 1.29 is 4.79 Å². The smallest absolute Gasteiger partial charge is 0.324 e. The zero-order chi connectivity index (χ0) is 11.7. The maximum absolute atomic E-state index is 11.8. The summed E-state index contributed by atoms with van der Waals surface area (Å²) < 4.78 is 0. The van der Waals surface area contributed by atoms with Crippen molar-refractivity contribution in [3.05, 3.63) is 29.8 Å². The third-order valence-electron chi connectivity index (χ3n) is 3.09. The number of benzene rings is 1. The lowest BCUT2D eigenvalue weighted by atomic mass is 10.0. The third-order valence-corrected chi connectivity index (χ3v) is 3.09. The maximum Gasteiger partial charge on any atom is 0.324 e. The van der Waals surface area contributed by atoms with Crippen LogP contribution in [0.4, 0.5) is 10.5 Å². The van der Waals surface area contributed by atoms with Gasteiger partial charge in [0.15, 0.2) is 0 Å². The van der Waals surface area contributed by atoms with E-state index in [1.54, 1.807) is 4.90 Å². The highest BCUT2D eigenvalue weighted by atomic mass is 16.2. The van der Waals surface area contributed by atoms with Crippen LogP contribution in [0.3, 0.4) is 0 Å². The van der Waals surface area contributed by atoms with Gasteiger partial charge in [-0.05, 0) is 23.6 Å². The van der Waals surface area contributed by atoms with Crippen LogP contribution in [-0.2, 0) is 0 Å². The van der Waals surface area contributed by atoms with Gasteiger partial charge in [-0.15, -0.1) is 0 Å². The molecule has 0 aliphatic carbocycles. The van der Waals surface area contributed by atoms with E-state index in [1.807, 2.05) is 24.1 Å². The van der Waals surface area contributed by atoms with Gasteiger partial charge in [0.05, 0.1) is 0 Å². The highest BCUT2D eigenvalue weighted by Crippen LogP contribution is 2.22. The number of carbonyl (C=O) groups excluding carboxylic acids is 1. The first-order valence-corrected chi connectivity index (χ1v) is 5.72. The number of urea groups is 1. The van der Waals surface area contributed by atoms with E-state index in [9.17, 15) is 4.79 Å². The lowest BCUT2D eigenvalue weighted by Crippen LogP contribution is -2.29. The van der Waals surface area contributed by atoms with E-state index in [2.05, 4.69) is 26.0 Å². The average Bonchev–Trinajstić information content (AvgIpc) is 2.60. The molecule has 2 rings (SSSR count). The van der Waals surface area contributed by atoms with Crippen LogP contribution in [0, 0.1) is 0 Å². The molecule has 1 saturated heterocycles. The summed E-state index contributed by atoms with van der Waals surface area (Å²) in [5.41, 5.74) is 2.31. The summed E-state index contributed by atoms with van der Waals surface area (Å²) >= 11 is 0. The highest BCUT2D eigenvalue weighted by molar-refractivity contribution is 5.93. The van der Waals surface area contributed by atoms with E-state index < -0.39 is 0 Å². The molecule has 0 saturated carbocycles. The van der Waals surface area contributed by atoms with Crippen LogP contribution < -0.4 is 4.90 Å². The molecule has 1 aliphatic heterocycles. The summed E-state index contributed by atoms with van der Waals surface area (Å²) in [6.45, 7) is 5.94. The van der Waals surface area contributed by atoms with Gasteiger partial charge in [0.2, 0.25) is 0 Å². The van der Waals surface area contributed by atoms with E-state index in [0.29, 0.717) is 5.92 Å². The maximum atomic E-state index is 11.8. The summed E-state index contributed by atoms with van der Waals surface area (Å²) in [7, 11) is 1.84. The molecule has 0 atom stereocenters. The summed E-state index contributed by atoms with van der Waals surface area (Å²) in [6, 6.07) is 8.37. The number of nitrogens with zero attached hydrogens (tertiary/aromatic N) is 2. The van der Waals surface area contributed by atoms with Gasteiger partial charge in [0, 0.05) is 25.8 Å². The summed E-state index contributed by atoms with van der Waals surface area (Å²) in [5, 5.41) is 0. The largest absolute Gasteiger partial charge is 0.326 e. The SMILES string of the molecule is CC(C)c1ccc(N2CCN(C)C2=O)cc1. The Morgan fingerprint density at radius 2 is 1.75 bits per heavy atom. The monoisotopic (exact) mass is 218 g/mol. The zero-order valence-electron chi connectivity index (χ0n) is 10.1. The fourth-order valence-electron chi connectivity index (χ4n) is 1.93. The molecule has 86 valence electrons. The molecule has 0 aromatic heterocycles. The third kappa shape index (κ3) is 1.90. The van der Waals surface area contributed by atoms with Crippen molar-refractivity contribution in [1.29, 1.82) is 0 Å². The molecule has 0 radical (unpaired) electrons. The summed E-state index contributed by atoms with van der Waals surface area (Å²) in [4.78, 5) is 15.3. The van der Waals surface area contributed by atoms with Crippen molar-refractivity contribution in [3.63, 3.8) is 0 Å². The van der Waals surface area contributed by atoms with E-state index in [4.69, 9.17) is 0 Å². The molecular formula is C13H18N2O. The Bertz CT molecular complexity index is 383.